The Hall–Kier alpha value is -5.65. The van der Waals surface area contributed by atoms with Crippen LogP contribution in [0.3, 0.4) is 0 Å². The van der Waals surface area contributed by atoms with E-state index >= 15 is 0 Å². The minimum Gasteiger partial charge on any atom is -0.445 e. The Morgan fingerprint density at radius 1 is 0.745 bits per heavy atom. The van der Waals surface area contributed by atoms with Gasteiger partial charge in [-0.05, 0) is 39.9 Å². The molecular formula is C45H45N3O7. The van der Waals surface area contributed by atoms with E-state index in [4.69, 9.17) is 14.2 Å². The van der Waals surface area contributed by atoms with Gasteiger partial charge in [0.05, 0.1) is 30.9 Å². The summed E-state index contributed by atoms with van der Waals surface area (Å²) in [6, 6.07) is 43.8. The molecule has 2 fully saturated rings. The summed E-state index contributed by atoms with van der Waals surface area (Å²) in [5.41, 5.74) is 6.12. The molecule has 10 nitrogen and oxygen atoms in total. The molecule has 0 bridgehead atoms. The number of amides is 3. The summed E-state index contributed by atoms with van der Waals surface area (Å²) in [5, 5.41) is 12.2. The highest BCUT2D eigenvalue weighted by Gasteiger charge is 2.42. The fourth-order valence-electron chi connectivity index (χ4n) is 7.15. The molecular weight excluding hydrogens is 695 g/mol. The number of hydrogen-bond acceptors (Lipinski definition) is 8. The first-order chi connectivity index (χ1) is 26.8. The zero-order valence-electron chi connectivity index (χ0n) is 30.7. The van der Waals surface area contributed by atoms with Gasteiger partial charge in [0.15, 0.2) is 6.29 Å². The van der Waals surface area contributed by atoms with Crippen molar-refractivity contribution < 1.29 is 33.7 Å². The Labute approximate surface area is 321 Å². The zero-order valence-corrected chi connectivity index (χ0v) is 30.7. The van der Waals surface area contributed by atoms with Crippen molar-refractivity contribution >= 4 is 23.6 Å². The summed E-state index contributed by atoms with van der Waals surface area (Å²) in [6.45, 7) is 4.24. The molecule has 1 unspecified atom stereocenters. The number of imide groups is 1. The average Bonchev–Trinajstić information content (AvgIpc) is 3.50. The maximum atomic E-state index is 13.4. The van der Waals surface area contributed by atoms with Crippen LogP contribution in [-0.4, -0.2) is 46.6 Å². The predicted molar refractivity (Wildman–Crippen MR) is 207 cm³/mol. The Balaban J connectivity index is 1.08. The van der Waals surface area contributed by atoms with Gasteiger partial charge in [-0.2, -0.15) is 0 Å². The zero-order chi connectivity index (χ0) is 38.1. The smallest absolute Gasteiger partial charge is 0.408 e. The van der Waals surface area contributed by atoms with Crippen LogP contribution in [0.25, 0.3) is 0 Å². The Bertz CT molecular complexity index is 1990. The number of nitrogens with zero attached hydrogens (tertiary/aromatic N) is 2. The number of alkyl carbamates (subject to hydrolysis) is 1. The van der Waals surface area contributed by atoms with E-state index < -0.39 is 30.2 Å². The van der Waals surface area contributed by atoms with Gasteiger partial charge in [0.2, 0.25) is 5.91 Å². The van der Waals surface area contributed by atoms with Gasteiger partial charge in [-0.25, -0.2) is 9.69 Å². The molecule has 2 heterocycles. The molecule has 5 atom stereocenters. The molecule has 5 aromatic rings. The summed E-state index contributed by atoms with van der Waals surface area (Å²) in [6.07, 6.45) is -2.24. The molecule has 55 heavy (non-hydrogen) atoms. The van der Waals surface area contributed by atoms with E-state index in [1.807, 2.05) is 66.7 Å². The first-order valence-electron chi connectivity index (χ1n) is 18.6. The third-order valence-corrected chi connectivity index (χ3v) is 10.1. The SMILES string of the molecule is C[C@@H]1[C@H](CN(Cc2ccccc2)Cc2ccccc2)O[C@H](c2ccc(N3C(=O)CC(NC(=O)OCc4ccccc4)C3=O)cc2)O[C@@H]1c1ccc(CO)cc1. The summed E-state index contributed by atoms with van der Waals surface area (Å²) in [7, 11) is 0. The summed E-state index contributed by atoms with van der Waals surface area (Å²) >= 11 is 0. The van der Waals surface area contributed by atoms with Crippen LogP contribution in [-0.2, 0) is 50.1 Å². The minimum atomic E-state index is -1.03. The number of benzene rings is 5. The van der Waals surface area contributed by atoms with E-state index in [0.29, 0.717) is 12.2 Å². The van der Waals surface area contributed by atoms with Crippen LogP contribution in [0, 0.1) is 5.92 Å². The summed E-state index contributed by atoms with van der Waals surface area (Å²) in [5.74, 6) is -0.988. The highest BCUT2D eigenvalue weighted by Crippen LogP contribution is 2.42. The molecule has 2 N–H and O–H groups in total. The van der Waals surface area contributed by atoms with Gasteiger partial charge in [0.1, 0.15) is 12.6 Å². The maximum Gasteiger partial charge on any atom is 0.408 e. The Morgan fingerprint density at radius 2 is 1.31 bits per heavy atom. The second-order valence-corrected chi connectivity index (χ2v) is 14.1. The lowest BCUT2D eigenvalue weighted by Crippen LogP contribution is -2.44. The first kappa shape index (κ1) is 37.7. The van der Waals surface area contributed by atoms with Gasteiger partial charge >= 0.3 is 6.09 Å². The molecule has 0 radical (unpaired) electrons. The van der Waals surface area contributed by atoms with E-state index in [1.54, 1.807) is 24.3 Å². The summed E-state index contributed by atoms with van der Waals surface area (Å²) in [4.78, 5) is 42.4. The van der Waals surface area contributed by atoms with Crippen molar-refractivity contribution in [2.45, 2.75) is 64.2 Å². The number of hydrogen-bond donors (Lipinski definition) is 2. The molecule has 0 aliphatic carbocycles. The van der Waals surface area contributed by atoms with Crippen LogP contribution >= 0.6 is 0 Å². The lowest BCUT2D eigenvalue weighted by Gasteiger charge is -2.43. The number of rotatable bonds is 13. The molecule has 0 spiro atoms. The highest BCUT2D eigenvalue weighted by atomic mass is 16.7. The van der Waals surface area contributed by atoms with Crippen LogP contribution < -0.4 is 10.2 Å². The van der Waals surface area contributed by atoms with E-state index in [1.165, 1.54) is 11.1 Å². The predicted octanol–water partition coefficient (Wildman–Crippen LogP) is 7.23. The molecule has 2 aliphatic rings. The molecule has 3 amide bonds. The standard InChI is InChI=1S/C45H45N3O7/c1-31-40(28-47(26-32-11-5-2-6-12-32)27-33-13-7-3-8-14-33)54-44(55-42(31)36-19-17-34(29-49)18-20-36)37-21-23-38(24-22-37)48-41(50)25-39(43(48)51)46-45(52)53-30-35-15-9-4-10-16-35/h2-24,31,39-40,42,44,49H,25-30H2,1H3,(H,46,52)/t31-,39?,40+,42+,44+/m1/s1. The molecule has 0 saturated carbocycles. The van der Waals surface area contributed by atoms with Crippen LogP contribution in [0.2, 0.25) is 0 Å². The second kappa shape index (κ2) is 17.7. The maximum absolute atomic E-state index is 13.4. The van der Waals surface area contributed by atoms with Crippen molar-refractivity contribution in [2.24, 2.45) is 5.92 Å². The number of aliphatic hydroxyl groups excluding tert-OH is 1. The van der Waals surface area contributed by atoms with Crippen molar-refractivity contribution in [3.8, 4) is 0 Å². The number of ether oxygens (including phenoxy) is 3. The normalized spacial score (nSPS) is 21.1. The molecule has 5 aromatic carbocycles. The third-order valence-electron chi connectivity index (χ3n) is 10.1. The Morgan fingerprint density at radius 3 is 1.89 bits per heavy atom. The monoisotopic (exact) mass is 739 g/mol. The molecule has 2 aliphatic heterocycles. The largest absolute Gasteiger partial charge is 0.445 e. The van der Waals surface area contributed by atoms with Crippen molar-refractivity contribution in [3.63, 3.8) is 0 Å². The average molecular weight is 740 g/mol. The quantitative estimate of drug-likeness (QED) is 0.122. The lowest BCUT2D eigenvalue weighted by molar-refractivity contribution is -0.276. The van der Waals surface area contributed by atoms with Crippen LogP contribution in [0.5, 0.6) is 0 Å². The van der Waals surface area contributed by atoms with Gasteiger partial charge in [-0.3, -0.25) is 14.5 Å². The molecule has 282 valence electrons. The first-order valence-corrected chi connectivity index (χ1v) is 18.6. The van der Waals surface area contributed by atoms with Crippen molar-refractivity contribution in [2.75, 3.05) is 11.4 Å². The molecule has 0 aromatic heterocycles. The Kier molecular flexibility index (Phi) is 12.1. The number of aliphatic hydroxyl groups is 1. The second-order valence-electron chi connectivity index (χ2n) is 14.1. The van der Waals surface area contributed by atoms with E-state index in [-0.39, 0.29) is 37.8 Å². The van der Waals surface area contributed by atoms with Gasteiger partial charge in [-0.1, -0.05) is 134 Å². The fraction of sp³-hybridized carbons (Fsp3) is 0.267. The molecule has 10 heteroatoms. The van der Waals surface area contributed by atoms with Crippen molar-refractivity contribution in [1.29, 1.82) is 0 Å². The van der Waals surface area contributed by atoms with Gasteiger partial charge in [-0.15, -0.1) is 0 Å². The number of anilines is 1. The topological polar surface area (TPSA) is 118 Å². The molecule has 7 rings (SSSR count). The van der Waals surface area contributed by atoms with Gasteiger partial charge in [0.25, 0.3) is 5.91 Å². The third kappa shape index (κ3) is 9.36. The van der Waals surface area contributed by atoms with E-state index in [0.717, 1.165) is 40.2 Å². The number of carbonyl (C=O) groups excluding carboxylic acids is 3. The minimum absolute atomic E-state index is 0.0341. The van der Waals surface area contributed by atoms with E-state index in [9.17, 15) is 19.5 Å². The van der Waals surface area contributed by atoms with Crippen LogP contribution in [0.4, 0.5) is 10.5 Å². The lowest BCUT2D eigenvalue weighted by atomic mass is 9.89. The fourth-order valence-corrected chi connectivity index (χ4v) is 7.15. The van der Waals surface area contributed by atoms with Crippen molar-refractivity contribution in [1.82, 2.24) is 10.2 Å². The van der Waals surface area contributed by atoms with Crippen LogP contribution in [0.15, 0.2) is 140 Å². The number of carbonyl (C=O) groups is 3. The summed E-state index contributed by atoms with van der Waals surface area (Å²) < 4.78 is 18.8. The van der Waals surface area contributed by atoms with E-state index in [2.05, 4.69) is 65.7 Å². The van der Waals surface area contributed by atoms with Gasteiger partial charge in [0, 0.05) is 31.1 Å². The molecule has 2 saturated heterocycles. The van der Waals surface area contributed by atoms with Crippen LogP contribution in [0.1, 0.15) is 59.1 Å². The number of nitrogens with one attached hydrogen (secondary N) is 1. The van der Waals surface area contributed by atoms with Gasteiger partial charge < -0.3 is 24.6 Å². The van der Waals surface area contributed by atoms with Crippen molar-refractivity contribution in [3.05, 3.63) is 173 Å². The highest BCUT2D eigenvalue weighted by molar-refractivity contribution is 6.22.